The Balaban J connectivity index is 0.00000162. The lowest BCUT2D eigenvalue weighted by Gasteiger charge is -2.07. The number of ether oxygens (including phenoxy) is 1. The summed E-state index contributed by atoms with van der Waals surface area (Å²) < 4.78 is 17.5. The van der Waals surface area contributed by atoms with E-state index in [-0.39, 0.29) is 18.2 Å². The molecule has 0 saturated heterocycles. The fourth-order valence-electron chi connectivity index (χ4n) is 1.80. The van der Waals surface area contributed by atoms with Crippen molar-refractivity contribution in [3.63, 3.8) is 0 Å². The molecule has 0 aliphatic carbocycles. The van der Waals surface area contributed by atoms with Gasteiger partial charge in [-0.25, -0.2) is 4.39 Å². The molecule has 2 aromatic rings. The fourth-order valence-corrected chi connectivity index (χ4v) is 1.80. The number of hydrogen-bond donors (Lipinski definition) is 2. The van der Waals surface area contributed by atoms with Crippen molar-refractivity contribution in [2.45, 2.75) is 12.5 Å². The van der Waals surface area contributed by atoms with E-state index in [1.165, 1.54) is 19.2 Å². The summed E-state index contributed by atoms with van der Waals surface area (Å²) in [6.45, 7) is 0. The number of aromatic nitrogens is 1. The number of esters is 1. The van der Waals surface area contributed by atoms with Crippen LogP contribution < -0.4 is 5.73 Å². The number of carbonyl (C=O) groups excluding carboxylic acids is 1. The maximum absolute atomic E-state index is 13.0. The van der Waals surface area contributed by atoms with E-state index in [2.05, 4.69) is 9.72 Å². The Kier molecular flexibility index (Phi) is 4.69. The summed E-state index contributed by atoms with van der Waals surface area (Å²) in [5.41, 5.74) is 7.24. The summed E-state index contributed by atoms with van der Waals surface area (Å²) in [4.78, 5) is 14.2. The molecule has 1 aromatic carbocycles. The number of benzene rings is 1. The largest absolute Gasteiger partial charge is 0.468 e. The molecule has 4 nitrogen and oxygen atoms in total. The highest BCUT2D eigenvalue weighted by atomic mass is 35.5. The first-order chi connectivity index (χ1) is 8.11. The zero-order valence-electron chi connectivity index (χ0n) is 9.77. The van der Waals surface area contributed by atoms with Gasteiger partial charge in [0.05, 0.1) is 7.11 Å². The molecule has 2 rings (SSSR count). The Morgan fingerprint density at radius 3 is 2.94 bits per heavy atom. The standard InChI is InChI=1S/C12H13FN2O2.ClH/c1-17-12(16)10(14)4-7-6-15-11-5-8(13)2-3-9(7)11;/h2-3,5-6,10,15H,4,14H2,1H3;1H/t10-;/m0./s1. The first-order valence-corrected chi connectivity index (χ1v) is 5.20. The highest BCUT2D eigenvalue weighted by molar-refractivity contribution is 5.85. The van der Waals surface area contributed by atoms with Gasteiger partial charge in [0, 0.05) is 23.5 Å². The average molecular weight is 273 g/mol. The molecule has 0 aliphatic heterocycles. The maximum Gasteiger partial charge on any atom is 0.322 e. The minimum absolute atomic E-state index is 0. The second kappa shape index (κ2) is 5.84. The Bertz CT molecular complexity index is 556. The minimum atomic E-state index is -0.705. The van der Waals surface area contributed by atoms with Gasteiger partial charge in [0.1, 0.15) is 11.9 Å². The predicted octanol–water partition coefficient (Wildman–Crippen LogP) is 1.77. The van der Waals surface area contributed by atoms with Crippen LogP contribution in [0.1, 0.15) is 5.56 Å². The molecule has 1 atom stereocenters. The Hall–Kier alpha value is -1.59. The quantitative estimate of drug-likeness (QED) is 0.837. The van der Waals surface area contributed by atoms with Crippen molar-refractivity contribution < 1.29 is 13.9 Å². The molecule has 0 bridgehead atoms. The number of nitrogens with two attached hydrogens (primary N) is 1. The van der Waals surface area contributed by atoms with E-state index >= 15 is 0 Å². The summed E-state index contributed by atoms with van der Waals surface area (Å²) in [5, 5.41) is 0.866. The number of hydrogen-bond acceptors (Lipinski definition) is 3. The lowest BCUT2D eigenvalue weighted by molar-refractivity contribution is -0.142. The van der Waals surface area contributed by atoms with Gasteiger partial charge in [-0.3, -0.25) is 4.79 Å². The summed E-state index contributed by atoms with van der Waals surface area (Å²) in [7, 11) is 1.30. The van der Waals surface area contributed by atoms with Crippen LogP contribution in [0, 0.1) is 5.82 Å². The molecule has 0 spiro atoms. The van der Waals surface area contributed by atoms with Crippen LogP contribution in [0.2, 0.25) is 0 Å². The molecule has 0 fully saturated rings. The highest BCUT2D eigenvalue weighted by Crippen LogP contribution is 2.20. The number of nitrogens with one attached hydrogen (secondary N) is 1. The van der Waals surface area contributed by atoms with Gasteiger partial charge in [-0.2, -0.15) is 0 Å². The first kappa shape index (κ1) is 14.5. The van der Waals surface area contributed by atoms with Crippen molar-refractivity contribution in [2.75, 3.05) is 7.11 Å². The normalized spacial score (nSPS) is 11.9. The number of H-pyrrole nitrogens is 1. The molecule has 0 aliphatic rings. The van der Waals surface area contributed by atoms with Crippen LogP contribution in [0.5, 0.6) is 0 Å². The van der Waals surface area contributed by atoms with Crippen LogP contribution in [0.4, 0.5) is 4.39 Å². The van der Waals surface area contributed by atoms with Crippen LogP contribution >= 0.6 is 12.4 Å². The molecule has 0 unspecified atom stereocenters. The predicted molar refractivity (Wildman–Crippen MR) is 69.2 cm³/mol. The molecule has 1 heterocycles. The van der Waals surface area contributed by atoms with Crippen molar-refractivity contribution in [3.8, 4) is 0 Å². The van der Waals surface area contributed by atoms with E-state index in [0.717, 1.165) is 10.9 Å². The average Bonchev–Trinajstić information content (AvgIpc) is 2.70. The number of rotatable bonds is 3. The summed E-state index contributed by atoms with van der Waals surface area (Å²) in [5.74, 6) is -0.760. The van der Waals surface area contributed by atoms with E-state index < -0.39 is 12.0 Å². The lowest BCUT2D eigenvalue weighted by atomic mass is 10.1. The van der Waals surface area contributed by atoms with E-state index in [1.54, 1.807) is 12.3 Å². The van der Waals surface area contributed by atoms with Gasteiger partial charge in [0.25, 0.3) is 0 Å². The van der Waals surface area contributed by atoms with Crippen molar-refractivity contribution in [1.82, 2.24) is 4.98 Å². The number of fused-ring (bicyclic) bond motifs is 1. The third-order valence-electron chi connectivity index (χ3n) is 2.67. The zero-order valence-corrected chi connectivity index (χ0v) is 10.6. The number of aromatic amines is 1. The molecule has 18 heavy (non-hydrogen) atoms. The SMILES string of the molecule is COC(=O)[C@@H](N)Cc1c[nH]c2cc(F)ccc12.Cl. The highest BCUT2D eigenvalue weighted by Gasteiger charge is 2.16. The topological polar surface area (TPSA) is 68.1 Å². The molecule has 6 heteroatoms. The Morgan fingerprint density at radius 1 is 1.56 bits per heavy atom. The second-order valence-electron chi connectivity index (χ2n) is 3.84. The molecule has 3 N–H and O–H groups in total. The lowest BCUT2D eigenvalue weighted by Crippen LogP contribution is -2.33. The summed E-state index contributed by atoms with van der Waals surface area (Å²) >= 11 is 0. The first-order valence-electron chi connectivity index (χ1n) is 5.20. The monoisotopic (exact) mass is 272 g/mol. The van der Waals surface area contributed by atoms with Crippen LogP contribution in [0.25, 0.3) is 10.9 Å². The fraction of sp³-hybridized carbons (Fsp3) is 0.250. The molecule has 0 radical (unpaired) electrons. The molecule has 0 saturated carbocycles. The van der Waals surface area contributed by atoms with E-state index in [9.17, 15) is 9.18 Å². The van der Waals surface area contributed by atoms with Gasteiger partial charge in [-0.1, -0.05) is 0 Å². The molecular weight excluding hydrogens is 259 g/mol. The smallest absolute Gasteiger partial charge is 0.322 e. The molecule has 1 aromatic heterocycles. The number of carbonyl (C=O) groups is 1. The Labute approximate surface area is 110 Å². The molecule has 0 amide bonds. The maximum atomic E-state index is 13.0. The molecular formula is C12H14ClFN2O2. The van der Waals surface area contributed by atoms with Crippen LogP contribution in [-0.4, -0.2) is 24.1 Å². The summed E-state index contributed by atoms with van der Waals surface area (Å²) in [6, 6.07) is 3.75. The summed E-state index contributed by atoms with van der Waals surface area (Å²) in [6.07, 6.45) is 2.09. The zero-order chi connectivity index (χ0) is 12.4. The third kappa shape index (κ3) is 2.80. The van der Waals surface area contributed by atoms with Gasteiger partial charge in [-0.15, -0.1) is 12.4 Å². The van der Waals surface area contributed by atoms with Crippen molar-refractivity contribution in [1.29, 1.82) is 0 Å². The van der Waals surface area contributed by atoms with Gasteiger partial charge >= 0.3 is 5.97 Å². The van der Waals surface area contributed by atoms with Gasteiger partial charge < -0.3 is 15.5 Å². The van der Waals surface area contributed by atoms with Crippen LogP contribution in [-0.2, 0) is 16.0 Å². The van der Waals surface area contributed by atoms with Gasteiger partial charge in [0.15, 0.2) is 0 Å². The molecule has 98 valence electrons. The van der Waals surface area contributed by atoms with Crippen LogP contribution in [0.15, 0.2) is 24.4 Å². The number of methoxy groups -OCH3 is 1. The van der Waals surface area contributed by atoms with Crippen LogP contribution in [0.3, 0.4) is 0 Å². The van der Waals surface area contributed by atoms with E-state index in [1.807, 2.05) is 0 Å². The van der Waals surface area contributed by atoms with Crippen molar-refractivity contribution in [3.05, 3.63) is 35.8 Å². The van der Waals surface area contributed by atoms with Gasteiger partial charge in [0.2, 0.25) is 0 Å². The Morgan fingerprint density at radius 2 is 2.28 bits per heavy atom. The van der Waals surface area contributed by atoms with Crippen molar-refractivity contribution in [2.24, 2.45) is 5.73 Å². The third-order valence-corrected chi connectivity index (χ3v) is 2.67. The van der Waals surface area contributed by atoms with Gasteiger partial charge in [-0.05, 0) is 23.8 Å². The van der Waals surface area contributed by atoms with Crippen molar-refractivity contribution >= 4 is 29.3 Å². The minimum Gasteiger partial charge on any atom is -0.468 e. The van der Waals surface area contributed by atoms with E-state index in [4.69, 9.17) is 5.73 Å². The van der Waals surface area contributed by atoms with E-state index in [0.29, 0.717) is 11.9 Å². The second-order valence-corrected chi connectivity index (χ2v) is 3.84. The number of halogens is 2.